The molecule has 0 fully saturated rings. The van der Waals surface area contributed by atoms with Crippen molar-refractivity contribution in [1.82, 2.24) is 10.0 Å². The number of hydrogen-bond donors (Lipinski definition) is 2. The largest absolute Gasteiger partial charge is 0.353 e. The highest BCUT2D eigenvalue weighted by Crippen LogP contribution is 2.26. The van der Waals surface area contributed by atoms with Gasteiger partial charge in [0.25, 0.3) is 5.69 Å². The topological polar surface area (TPSA) is 118 Å². The Balaban J connectivity index is 2.98. The van der Waals surface area contributed by atoms with E-state index in [9.17, 15) is 23.3 Å². The predicted octanol–water partition coefficient (Wildman–Crippen LogP) is 1.05. The van der Waals surface area contributed by atoms with E-state index in [-0.39, 0.29) is 11.1 Å². The Morgan fingerprint density at radius 1 is 1.43 bits per heavy atom. The first-order chi connectivity index (χ1) is 9.63. The second-order valence-corrected chi connectivity index (χ2v) is 6.59. The Kier molecular flexibility index (Phi) is 5.64. The van der Waals surface area contributed by atoms with Gasteiger partial charge in [0.15, 0.2) is 4.90 Å². The fourth-order valence-electron chi connectivity index (χ4n) is 1.47. The predicted molar refractivity (Wildman–Crippen MR) is 76.6 cm³/mol. The summed E-state index contributed by atoms with van der Waals surface area (Å²) in [6, 6.07) is 3.02. The van der Waals surface area contributed by atoms with E-state index >= 15 is 0 Å². The number of carbonyl (C=O) groups excluding carboxylic acids is 1. The van der Waals surface area contributed by atoms with Crippen molar-refractivity contribution in [3.63, 3.8) is 0 Å². The van der Waals surface area contributed by atoms with Gasteiger partial charge < -0.3 is 5.32 Å². The molecule has 0 aliphatic heterocycles. The van der Waals surface area contributed by atoms with Crippen molar-refractivity contribution in [2.24, 2.45) is 0 Å². The molecule has 0 heterocycles. The average Bonchev–Trinajstić information content (AvgIpc) is 2.35. The lowest BCUT2D eigenvalue weighted by Crippen LogP contribution is -2.39. The number of nitrogens with zero attached hydrogens (tertiary/aromatic N) is 1. The quantitative estimate of drug-likeness (QED) is 0.595. The SMILES string of the molecule is CC(C)NC(=O)CNS(=O)(=O)c1ccc(Cl)cc1[N+](=O)[O-]. The summed E-state index contributed by atoms with van der Waals surface area (Å²) < 4.78 is 26.0. The van der Waals surface area contributed by atoms with Gasteiger partial charge in [-0.25, -0.2) is 13.1 Å². The van der Waals surface area contributed by atoms with Crippen LogP contribution in [0.3, 0.4) is 0 Å². The van der Waals surface area contributed by atoms with E-state index in [1.807, 2.05) is 4.72 Å². The maximum Gasteiger partial charge on any atom is 0.290 e. The molecule has 116 valence electrons. The van der Waals surface area contributed by atoms with Gasteiger partial charge in [-0.1, -0.05) is 11.6 Å². The Morgan fingerprint density at radius 3 is 2.57 bits per heavy atom. The molecule has 1 rings (SSSR count). The van der Waals surface area contributed by atoms with E-state index < -0.39 is 38.0 Å². The summed E-state index contributed by atoms with van der Waals surface area (Å²) in [6.07, 6.45) is 0. The molecule has 8 nitrogen and oxygen atoms in total. The number of nitro groups is 1. The summed E-state index contributed by atoms with van der Waals surface area (Å²) in [5.74, 6) is -0.537. The zero-order valence-electron chi connectivity index (χ0n) is 11.3. The lowest BCUT2D eigenvalue weighted by molar-refractivity contribution is -0.387. The second-order valence-electron chi connectivity index (χ2n) is 4.42. The minimum absolute atomic E-state index is 0.0400. The molecule has 0 unspecified atom stereocenters. The summed E-state index contributed by atoms with van der Waals surface area (Å²) in [6.45, 7) is 2.92. The summed E-state index contributed by atoms with van der Waals surface area (Å²) in [7, 11) is -4.19. The Morgan fingerprint density at radius 2 is 2.05 bits per heavy atom. The van der Waals surface area contributed by atoms with E-state index in [2.05, 4.69) is 5.32 Å². The smallest absolute Gasteiger partial charge is 0.290 e. The molecular formula is C11H14ClN3O5S. The van der Waals surface area contributed by atoms with Gasteiger partial charge in [-0.3, -0.25) is 14.9 Å². The zero-order chi connectivity index (χ0) is 16.2. The summed E-state index contributed by atoms with van der Waals surface area (Å²) >= 11 is 5.61. The van der Waals surface area contributed by atoms with Crippen LogP contribution in [0.15, 0.2) is 23.1 Å². The average molecular weight is 336 g/mol. The number of nitrogens with one attached hydrogen (secondary N) is 2. The van der Waals surface area contributed by atoms with E-state index in [1.165, 1.54) is 6.07 Å². The summed E-state index contributed by atoms with van der Waals surface area (Å²) in [5.41, 5.74) is -0.653. The van der Waals surface area contributed by atoms with Gasteiger partial charge in [0, 0.05) is 17.1 Å². The number of rotatable bonds is 6. The fraction of sp³-hybridized carbons (Fsp3) is 0.364. The maximum absolute atomic E-state index is 12.0. The normalized spacial score (nSPS) is 11.4. The van der Waals surface area contributed by atoms with E-state index in [0.29, 0.717) is 0 Å². The molecule has 0 radical (unpaired) electrons. The first kappa shape index (κ1) is 17.3. The summed E-state index contributed by atoms with van der Waals surface area (Å²) in [4.78, 5) is 20.9. The number of nitro benzene ring substituents is 1. The van der Waals surface area contributed by atoms with E-state index in [4.69, 9.17) is 11.6 Å². The molecule has 21 heavy (non-hydrogen) atoms. The van der Waals surface area contributed by atoms with Crippen molar-refractivity contribution in [1.29, 1.82) is 0 Å². The molecule has 10 heteroatoms. The van der Waals surface area contributed by atoms with Crippen molar-refractivity contribution in [3.05, 3.63) is 33.3 Å². The maximum atomic E-state index is 12.0. The first-order valence-electron chi connectivity index (χ1n) is 5.86. The van der Waals surface area contributed by atoms with Crippen LogP contribution in [0.25, 0.3) is 0 Å². The number of halogens is 1. The number of benzene rings is 1. The third-order valence-corrected chi connectivity index (χ3v) is 3.96. The van der Waals surface area contributed by atoms with Crippen LogP contribution in [0.1, 0.15) is 13.8 Å². The van der Waals surface area contributed by atoms with Crippen molar-refractivity contribution >= 4 is 33.2 Å². The molecule has 0 bridgehead atoms. The van der Waals surface area contributed by atoms with Gasteiger partial charge >= 0.3 is 0 Å². The van der Waals surface area contributed by atoms with Crippen molar-refractivity contribution < 1.29 is 18.1 Å². The third kappa shape index (κ3) is 4.96. The number of hydrogen-bond acceptors (Lipinski definition) is 5. The van der Waals surface area contributed by atoms with Gasteiger partial charge in [-0.2, -0.15) is 0 Å². The molecule has 0 aromatic heterocycles. The van der Waals surface area contributed by atoms with E-state index in [1.54, 1.807) is 13.8 Å². The highest BCUT2D eigenvalue weighted by Gasteiger charge is 2.26. The molecule has 2 N–H and O–H groups in total. The molecule has 1 aromatic rings. The number of carbonyl (C=O) groups is 1. The molecule has 0 saturated carbocycles. The minimum Gasteiger partial charge on any atom is -0.353 e. The van der Waals surface area contributed by atoms with Gasteiger partial charge in [0.05, 0.1) is 11.5 Å². The molecule has 0 aliphatic carbocycles. The minimum atomic E-state index is -4.19. The van der Waals surface area contributed by atoms with Crippen LogP contribution in [0.5, 0.6) is 0 Å². The summed E-state index contributed by atoms with van der Waals surface area (Å²) in [5, 5.41) is 13.4. The molecule has 0 spiro atoms. The Bertz CT molecular complexity index is 660. The molecular weight excluding hydrogens is 322 g/mol. The van der Waals surface area contributed by atoms with Gasteiger partial charge in [-0.15, -0.1) is 0 Å². The van der Waals surface area contributed by atoms with Crippen LogP contribution in [-0.4, -0.2) is 31.8 Å². The second kappa shape index (κ2) is 6.83. The van der Waals surface area contributed by atoms with Crippen molar-refractivity contribution in [3.8, 4) is 0 Å². The van der Waals surface area contributed by atoms with Gasteiger partial charge in [0.2, 0.25) is 15.9 Å². The first-order valence-corrected chi connectivity index (χ1v) is 7.72. The van der Waals surface area contributed by atoms with Gasteiger partial charge in [0.1, 0.15) is 0 Å². The number of amides is 1. The zero-order valence-corrected chi connectivity index (χ0v) is 12.9. The van der Waals surface area contributed by atoms with E-state index in [0.717, 1.165) is 12.1 Å². The molecule has 1 amide bonds. The molecule has 0 atom stereocenters. The fourth-order valence-corrected chi connectivity index (χ4v) is 2.77. The molecule has 1 aromatic carbocycles. The van der Waals surface area contributed by atoms with Gasteiger partial charge in [-0.05, 0) is 26.0 Å². The molecule has 0 saturated heterocycles. The lowest BCUT2D eigenvalue weighted by Gasteiger charge is -2.10. The standard InChI is InChI=1S/C11H14ClN3O5S/c1-7(2)14-11(16)6-13-21(19,20)10-4-3-8(12)5-9(10)15(17)18/h3-5,7,13H,6H2,1-2H3,(H,14,16). The monoisotopic (exact) mass is 335 g/mol. The van der Waals surface area contributed by atoms with Crippen molar-refractivity contribution in [2.45, 2.75) is 24.8 Å². The van der Waals surface area contributed by atoms with Crippen LogP contribution in [0.2, 0.25) is 5.02 Å². The lowest BCUT2D eigenvalue weighted by atomic mass is 10.3. The highest BCUT2D eigenvalue weighted by atomic mass is 35.5. The van der Waals surface area contributed by atoms with Crippen LogP contribution < -0.4 is 10.0 Å². The third-order valence-electron chi connectivity index (χ3n) is 2.28. The van der Waals surface area contributed by atoms with Crippen LogP contribution in [0.4, 0.5) is 5.69 Å². The molecule has 0 aliphatic rings. The Hall–Kier alpha value is -1.71. The van der Waals surface area contributed by atoms with Crippen molar-refractivity contribution in [2.75, 3.05) is 6.54 Å². The Labute approximate surface area is 126 Å². The van der Waals surface area contributed by atoms with Crippen LogP contribution >= 0.6 is 11.6 Å². The van der Waals surface area contributed by atoms with Crippen LogP contribution in [0, 0.1) is 10.1 Å². The number of sulfonamides is 1. The highest BCUT2D eigenvalue weighted by molar-refractivity contribution is 7.89. The van der Waals surface area contributed by atoms with Crippen LogP contribution in [-0.2, 0) is 14.8 Å².